The lowest BCUT2D eigenvalue weighted by Gasteiger charge is -2.24. The van der Waals surface area contributed by atoms with E-state index in [-0.39, 0.29) is 11.8 Å². The van der Waals surface area contributed by atoms with Gasteiger partial charge in [0.2, 0.25) is 5.91 Å². The van der Waals surface area contributed by atoms with E-state index in [1.807, 2.05) is 74.5 Å². The Kier molecular flexibility index (Phi) is 8.64. The minimum atomic E-state index is -0.773. The van der Waals surface area contributed by atoms with Crippen molar-refractivity contribution in [1.82, 2.24) is 10.7 Å². The predicted octanol–water partition coefficient (Wildman–Crippen LogP) is 5.42. The highest BCUT2D eigenvalue weighted by atomic mass is 35.5. The number of hydrogen-bond acceptors (Lipinski definition) is 3. The minimum Gasteiger partial charge on any atom is -0.343 e. The Morgan fingerprint density at radius 3 is 1.94 bits per heavy atom. The van der Waals surface area contributed by atoms with Gasteiger partial charge >= 0.3 is 0 Å². The number of nitrogens with zero attached hydrogens (tertiary/aromatic N) is 1. The average molecular weight is 482 g/mol. The highest BCUT2D eigenvalue weighted by Gasteiger charge is 2.29. The first-order valence-electron chi connectivity index (χ1n) is 10.5. The number of rotatable bonds is 8. The van der Waals surface area contributed by atoms with Crippen LogP contribution in [0.3, 0.4) is 0 Å². The molecule has 0 saturated carbocycles. The van der Waals surface area contributed by atoms with Crippen LogP contribution in [-0.2, 0) is 9.59 Å². The molecular weight excluding hydrogens is 457 g/mol. The van der Waals surface area contributed by atoms with Crippen molar-refractivity contribution in [1.29, 1.82) is 0 Å². The molecule has 2 amide bonds. The fourth-order valence-corrected chi connectivity index (χ4v) is 3.86. The molecule has 3 aromatic rings. The predicted molar refractivity (Wildman–Crippen MR) is 134 cm³/mol. The third kappa shape index (κ3) is 6.67. The quantitative estimate of drug-likeness (QED) is 0.333. The summed E-state index contributed by atoms with van der Waals surface area (Å²) >= 11 is 12.0. The van der Waals surface area contributed by atoms with Crippen molar-refractivity contribution in [2.24, 2.45) is 11.0 Å². The van der Waals surface area contributed by atoms with Gasteiger partial charge in [0.1, 0.15) is 6.04 Å². The van der Waals surface area contributed by atoms with E-state index in [0.717, 1.165) is 11.1 Å². The van der Waals surface area contributed by atoms with Gasteiger partial charge in [-0.05, 0) is 29.2 Å². The van der Waals surface area contributed by atoms with Crippen molar-refractivity contribution in [2.45, 2.75) is 25.8 Å². The summed E-state index contributed by atoms with van der Waals surface area (Å²) in [7, 11) is 0. The third-order valence-corrected chi connectivity index (χ3v) is 5.68. The molecule has 0 aromatic heterocycles. The first-order valence-corrected chi connectivity index (χ1v) is 11.3. The highest BCUT2D eigenvalue weighted by molar-refractivity contribution is 6.36. The van der Waals surface area contributed by atoms with Gasteiger partial charge in [-0.25, -0.2) is 5.43 Å². The summed E-state index contributed by atoms with van der Waals surface area (Å²) in [5, 5.41) is 7.84. The van der Waals surface area contributed by atoms with Gasteiger partial charge in [-0.2, -0.15) is 5.10 Å². The van der Waals surface area contributed by atoms with Crippen LogP contribution in [0.5, 0.6) is 0 Å². The zero-order valence-corrected chi connectivity index (χ0v) is 19.8. The van der Waals surface area contributed by atoms with Crippen LogP contribution < -0.4 is 10.7 Å². The van der Waals surface area contributed by atoms with Crippen LogP contribution >= 0.6 is 23.2 Å². The van der Waals surface area contributed by atoms with Gasteiger partial charge in [0.05, 0.1) is 17.2 Å². The second-order valence-corrected chi connectivity index (χ2v) is 8.73. The molecule has 0 radical (unpaired) electrons. The molecule has 0 saturated heterocycles. The maximum Gasteiger partial charge on any atom is 0.262 e. The summed E-state index contributed by atoms with van der Waals surface area (Å²) in [5.41, 5.74) is 4.81. The van der Waals surface area contributed by atoms with Gasteiger partial charge < -0.3 is 5.32 Å². The zero-order chi connectivity index (χ0) is 23.8. The van der Waals surface area contributed by atoms with Gasteiger partial charge in [-0.1, -0.05) is 104 Å². The fraction of sp³-hybridized carbons (Fsp3) is 0.192. The van der Waals surface area contributed by atoms with Gasteiger partial charge in [-0.3, -0.25) is 9.59 Å². The SMILES string of the molecule is CC(C)C(NC(=O)C(c1ccccc1)c1ccccc1)C(=O)NN=Cc1ccc(Cl)cc1Cl. The molecule has 7 heteroatoms. The van der Waals surface area contributed by atoms with E-state index in [1.54, 1.807) is 18.2 Å². The van der Waals surface area contributed by atoms with Crippen molar-refractivity contribution < 1.29 is 9.59 Å². The summed E-state index contributed by atoms with van der Waals surface area (Å²) in [5.74, 6) is -1.38. The molecule has 3 aromatic carbocycles. The van der Waals surface area contributed by atoms with Crippen molar-refractivity contribution >= 4 is 41.2 Å². The molecule has 1 atom stereocenters. The molecule has 0 aliphatic carbocycles. The number of nitrogens with one attached hydrogen (secondary N) is 2. The van der Waals surface area contributed by atoms with Crippen LogP contribution in [-0.4, -0.2) is 24.1 Å². The number of halogens is 2. The average Bonchev–Trinajstić information content (AvgIpc) is 2.80. The Bertz CT molecular complexity index is 1080. The molecule has 2 N–H and O–H groups in total. The van der Waals surface area contributed by atoms with E-state index >= 15 is 0 Å². The second-order valence-electron chi connectivity index (χ2n) is 7.88. The number of carbonyl (C=O) groups is 2. The lowest BCUT2D eigenvalue weighted by atomic mass is 9.89. The molecule has 33 heavy (non-hydrogen) atoms. The largest absolute Gasteiger partial charge is 0.343 e. The minimum absolute atomic E-state index is 0.157. The number of hydrogen-bond donors (Lipinski definition) is 2. The Morgan fingerprint density at radius 1 is 0.848 bits per heavy atom. The van der Waals surface area contributed by atoms with Crippen molar-refractivity contribution in [3.05, 3.63) is 106 Å². The van der Waals surface area contributed by atoms with Gasteiger partial charge in [0.15, 0.2) is 0 Å². The lowest BCUT2D eigenvalue weighted by molar-refractivity contribution is -0.130. The molecule has 170 valence electrons. The molecule has 0 spiro atoms. The Labute approximate surface area is 203 Å². The van der Waals surface area contributed by atoms with Crippen LogP contribution in [0.15, 0.2) is 84.0 Å². The smallest absolute Gasteiger partial charge is 0.262 e. The third-order valence-electron chi connectivity index (χ3n) is 5.12. The molecule has 3 rings (SSSR count). The molecule has 0 fully saturated rings. The number of benzene rings is 3. The summed E-state index contributed by atoms with van der Waals surface area (Å²) < 4.78 is 0. The Balaban J connectivity index is 1.76. The first-order chi connectivity index (χ1) is 15.9. The van der Waals surface area contributed by atoms with Crippen LogP contribution in [0, 0.1) is 5.92 Å². The van der Waals surface area contributed by atoms with Gasteiger partial charge in [0.25, 0.3) is 5.91 Å². The van der Waals surface area contributed by atoms with Crippen LogP contribution in [0.25, 0.3) is 0 Å². The van der Waals surface area contributed by atoms with E-state index in [2.05, 4.69) is 15.8 Å². The first kappa shape index (κ1) is 24.5. The zero-order valence-electron chi connectivity index (χ0n) is 18.3. The number of carbonyl (C=O) groups excluding carboxylic acids is 2. The summed E-state index contributed by atoms with van der Waals surface area (Å²) in [6.07, 6.45) is 1.44. The molecular formula is C26H25Cl2N3O2. The maximum absolute atomic E-state index is 13.4. The fourth-order valence-electron chi connectivity index (χ4n) is 3.40. The monoisotopic (exact) mass is 481 g/mol. The number of hydrazone groups is 1. The van der Waals surface area contributed by atoms with Gasteiger partial charge in [-0.15, -0.1) is 0 Å². The summed E-state index contributed by atoms with van der Waals surface area (Å²) in [6, 6.07) is 23.2. The van der Waals surface area contributed by atoms with E-state index in [4.69, 9.17) is 23.2 Å². The lowest BCUT2D eigenvalue weighted by Crippen LogP contribution is -2.50. The van der Waals surface area contributed by atoms with E-state index in [0.29, 0.717) is 15.6 Å². The molecule has 0 heterocycles. The van der Waals surface area contributed by atoms with E-state index in [9.17, 15) is 9.59 Å². The topological polar surface area (TPSA) is 70.6 Å². The second kappa shape index (κ2) is 11.6. The molecule has 0 bridgehead atoms. The number of amides is 2. The highest BCUT2D eigenvalue weighted by Crippen LogP contribution is 2.25. The van der Waals surface area contributed by atoms with E-state index in [1.165, 1.54) is 6.21 Å². The molecule has 0 aliphatic heterocycles. The molecule has 1 unspecified atom stereocenters. The Hall–Kier alpha value is -3.15. The summed E-state index contributed by atoms with van der Waals surface area (Å²) in [4.78, 5) is 26.2. The standard InChI is InChI=1S/C26H25Cl2N3O2/c1-17(2)24(26(33)31-29-16-20-13-14-21(27)15-22(20)28)30-25(32)23(18-9-5-3-6-10-18)19-11-7-4-8-12-19/h3-17,23-24H,1-2H3,(H,30,32)(H,31,33). The van der Waals surface area contributed by atoms with Crippen LogP contribution in [0.1, 0.15) is 36.5 Å². The van der Waals surface area contributed by atoms with Crippen molar-refractivity contribution in [2.75, 3.05) is 0 Å². The van der Waals surface area contributed by atoms with Crippen molar-refractivity contribution in [3.63, 3.8) is 0 Å². The normalized spacial score (nSPS) is 12.2. The summed E-state index contributed by atoms with van der Waals surface area (Å²) in [6.45, 7) is 3.73. The molecule has 0 aliphatic rings. The van der Waals surface area contributed by atoms with Crippen molar-refractivity contribution in [3.8, 4) is 0 Å². The molecule has 5 nitrogen and oxygen atoms in total. The van der Waals surface area contributed by atoms with Gasteiger partial charge in [0, 0.05) is 10.6 Å². The van der Waals surface area contributed by atoms with E-state index < -0.39 is 17.9 Å². The Morgan fingerprint density at radius 2 is 1.42 bits per heavy atom. The maximum atomic E-state index is 13.4. The van der Waals surface area contributed by atoms with Crippen LogP contribution in [0.2, 0.25) is 10.0 Å². The van der Waals surface area contributed by atoms with Crippen LogP contribution in [0.4, 0.5) is 0 Å².